The molecule has 4 rings (SSSR count). The monoisotopic (exact) mass is 493 g/mol. The van der Waals surface area contributed by atoms with Crippen molar-refractivity contribution in [2.45, 2.75) is 17.4 Å². The average Bonchev–Trinajstić information content (AvgIpc) is 3.44. The molecule has 0 spiro atoms. The first-order chi connectivity index (χ1) is 15.7. The number of anilines is 1. The van der Waals surface area contributed by atoms with E-state index in [2.05, 4.69) is 11.9 Å². The molecule has 1 aliphatic carbocycles. The van der Waals surface area contributed by atoms with E-state index >= 15 is 0 Å². The molecule has 33 heavy (non-hydrogen) atoms. The molecule has 178 valence electrons. The Morgan fingerprint density at radius 2 is 2.00 bits per heavy atom. The third kappa shape index (κ3) is 6.00. The predicted molar refractivity (Wildman–Crippen MR) is 128 cm³/mol. The summed E-state index contributed by atoms with van der Waals surface area (Å²) in [6.07, 6.45) is 2.41. The first kappa shape index (κ1) is 23.9. The van der Waals surface area contributed by atoms with Crippen molar-refractivity contribution >= 4 is 27.5 Å². The van der Waals surface area contributed by atoms with Crippen molar-refractivity contribution in [3.63, 3.8) is 0 Å². The average molecular weight is 494 g/mol. The number of nitrogens with zero attached hydrogens (tertiary/aromatic N) is 1. The lowest BCUT2D eigenvalue weighted by atomic mass is 10.2. The number of fused-ring (bicyclic) bond motifs is 1. The van der Waals surface area contributed by atoms with E-state index in [0.29, 0.717) is 59.6 Å². The summed E-state index contributed by atoms with van der Waals surface area (Å²) in [7, 11) is -3.16. The topological polar surface area (TPSA) is 93.9 Å². The minimum atomic E-state index is -3.16. The van der Waals surface area contributed by atoms with Gasteiger partial charge in [0.25, 0.3) is 0 Å². The van der Waals surface area contributed by atoms with Gasteiger partial charge in [-0.15, -0.1) is 0 Å². The van der Waals surface area contributed by atoms with Gasteiger partial charge in [-0.1, -0.05) is 17.8 Å². The molecule has 2 aliphatic rings. The van der Waals surface area contributed by atoms with Gasteiger partial charge < -0.3 is 20.5 Å². The molecule has 3 unspecified atom stereocenters. The van der Waals surface area contributed by atoms with Crippen LogP contribution in [0.2, 0.25) is 0 Å². The molecular weight excluding hydrogens is 465 g/mol. The lowest BCUT2D eigenvalue weighted by Gasteiger charge is -2.25. The van der Waals surface area contributed by atoms with Gasteiger partial charge in [-0.25, -0.2) is 12.8 Å². The van der Waals surface area contributed by atoms with Crippen LogP contribution in [-0.4, -0.2) is 51.3 Å². The maximum Gasteiger partial charge on any atom is 0.211 e. The summed E-state index contributed by atoms with van der Waals surface area (Å²) in [6.45, 7) is 6.22. The number of para-hydroxylation sites is 1. The molecular formula is C23H28FN3O4S2. The van der Waals surface area contributed by atoms with Gasteiger partial charge in [-0.05, 0) is 61.2 Å². The molecule has 0 bridgehead atoms. The number of benzene rings is 2. The van der Waals surface area contributed by atoms with Crippen molar-refractivity contribution in [1.29, 1.82) is 0 Å². The van der Waals surface area contributed by atoms with Crippen LogP contribution in [0.1, 0.15) is 6.42 Å². The van der Waals surface area contributed by atoms with Crippen LogP contribution < -0.4 is 20.5 Å². The number of nitrogen functional groups attached to an aromatic ring is 1. The number of nitrogens with one attached hydrogen (secondary N) is 1. The fraction of sp³-hybridized carbons (Fsp3) is 0.391. The van der Waals surface area contributed by atoms with Crippen molar-refractivity contribution in [3.05, 3.63) is 60.0 Å². The Kier molecular flexibility index (Phi) is 7.18. The molecule has 3 N–H and O–H groups in total. The van der Waals surface area contributed by atoms with Gasteiger partial charge in [0.05, 0.1) is 11.9 Å². The number of halogens is 1. The Balaban J connectivity index is 1.18. The number of thioether (sulfide) groups is 1. The van der Waals surface area contributed by atoms with Crippen molar-refractivity contribution in [2.24, 2.45) is 11.8 Å². The molecule has 1 saturated carbocycles. The van der Waals surface area contributed by atoms with Gasteiger partial charge in [-0.2, -0.15) is 4.31 Å². The van der Waals surface area contributed by atoms with Gasteiger partial charge in [0, 0.05) is 30.6 Å². The zero-order chi connectivity index (χ0) is 23.6. The lowest BCUT2D eigenvalue weighted by Crippen LogP contribution is -2.44. The fourth-order valence-electron chi connectivity index (χ4n) is 4.14. The summed E-state index contributed by atoms with van der Waals surface area (Å²) in [5.41, 5.74) is 5.81. The SMILES string of the molecule is C=C(Oc1ccc(OCCNCC2C3CC3CN2S(C)(=O)=O)cc1)Sc1cccc(F)c1N. The molecule has 2 aromatic rings. The quantitative estimate of drug-likeness (QED) is 0.215. The molecule has 2 aromatic carbocycles. The fourth-order valence-corrected chi connectivity index (χ4v) is 6.07. The summed E-state index contributed by atoms with van der Waals surface area (Å²) in [6, 6.07) is 11.8. The maximum absolute atomic E-state index is 13.6. The van der Waals surface area contributed by atoms with Crippen LogP contribution in [0.4, 0.5) is 10.1 Å². The minimum Gasteiger partial charge on any atom is -0.492 e. The number of rotatable bonds is 11. The van der Waals surface area contributed by atoms with Crippen molar-refractivity contribution in [1.82, 2.24) is 9.62 Å². The Morgan fingerprint density at radius 1 is 1.27 bits per heavy atom. The number of hydrogen-bond acceptors (Lipinski definition) is 7. The Hall–Kier alpha value is -2.27. The Labute approximate surface area is 198 Å². The summed E-state index contributed by atoms with van der Waals surface area (Å²) >= 11 is 1.16. The molecule has 1 heterocycles. The number of sulfonamides is 1. The van der Waals surface area contributed by atoms with E-state index in [1.807, 2.05) is 0 Å². The molecule has 7 nitrogen and oxygen atoms in total. The van der Waals surface area contributed by atoms with Gasteiger partial charge >= 0.3 is 0 Å². The van der Waals surface area contributed by atoms with E-state index in [9.17, 15) is 12.8 Å². The van der Waals surface area contributed by atoms with E-state index < -0.39 is 15.8 Å². The van der Waals surface area contributed by atoms with Crippen molar-refractivity contribution < 1.29 is 22.3 Å². The smallest absolute Gasteiger partial charge is 0.211 e. The van der Waals surface area contributed by atoms with Gasteiger partial charge in [0.1, 0.15) is 23.9 Å². The highest BCUT2D eigenvalue weighted by Crippen LogP contribution is 2.50. The highest BCUT2D eigenvalue weighted by atomic mass is 32.2. The zero-order valence-corrected chi connectivity index (χ0v) is 20.0. The Bertz CT molecular complexity index is 1110. The summed E-state index contributed by atoms with van der Waals surface area (Å²) in [4.78, 5) is 0.543. The molecule has 1 aliphatic heterocycles. The van der Waals surface area contributed by atoms with Crippen LogP contribution in [0, 0.1) is 17.7 Å². The van der Waals surface area contributed by atoms with E-state index in [-0.39, 0.29) is 11.7 Å². The molecule has 3 atom stereocenters. The van der Waals surface area contributed by atoms with E-state index in [0.717, 1.165) is 18.2 Å². The number of piperidine rings is 1. The molecule has 0 amide bonds. The third-order valence-electron chi connectivity index (χ3n) is 5.88. The van der Waals surface area contributed by atoms with Crippen LogP contribution in [0.15, 0.2) is 59.0 Å². The zero-order valence-electron chi connectivity index (χ0n) is 18.4. The summed E-state index contributed by atoms with van der Waals surface area (Å²) in [5, 5.41) is 3.69. The second kappa shape index (κ2) is 9.92. The number of nitrogens with two attached hydrogens (primary N) is 1. The molecule has 10 heteroatoms. The second-order valence-electron chi connectivity index (χ2n) is 8.31. The van der Waals surface area contributed by atoms with Crippen molar-refractivity contribution in [3.8, 4) is 11.5 Å². The molecule has 1 saturated heterocycles. The maximum atomic E-state index is 13.6. The van der Waals surface area contributed by atoms with Gasteiger partial charge in [-0.3, -0.25) is 0 Å². The van der Waals surface area contributed by atoms with Crippen LogP contribution in [0.25, 0.3) is 0 Å². The summed E-state index contributed by atoms with van der Waals surface area (Å²) < 4.78 is 50.5. The standard InChI is InChI=1S/C23H28FN3O4S2/c1-15(32-22-5-3-4-20(24)23(22)25)31-18-8-6-17(7-9-18)30-11-10-26-13-21-19-12-16(19)14-27(21)33(2,28)29/h3-9,16,19,21,26H,1,10-14,25H2,2H3. The van der Waals surface area contributed by atoms with Crippen LogP contribution in [0.3, 0.4) is 0 Å². The van der Waals surface area contributed by atoms with Gasteiger partial charge in [0.15, 0.2) is 5.09 Å². The second-order valence-corrected chi connectivity index (χ2v) is 11.3. The van der Waals surface area contributed by atoms with Crippen molar-refractivity contribution in [2.75, 3.05) is 38.2 Å². The molecule has 0 radical (unpaired) electrons. The van der Waals surface area contributed by atoms with Crippen LogP contribution in [0.5, 0.6) is 11.5 Å². The normalized spacial score (nSPS) is 22.1. The molecule has 0 aromatic heterocycles. The highest BCUT2D eigenvalue weighted by Gasteiger charge is 2.54. The third-order valence-corrected chi connectivity index (χ3v) is 8.03. The summed E-state index contributed by atoms with van der Waals surface area (Å²) in [5.74, 6) is 1.82. The largest absolute Gasteiger partial charge is 0.492 e. The molecule has 2 fully saturated rings. The lowest BCUT2D eigenvalue weighted by molar-refractivity contribution is 0.294. The van der Waals surface area contributed by atoms with Crippen LogP contribution >= 0.6 is 11.8 Å². The van der Waals surface area contributed by atoms with Gasteiger partial charge in [0.2, 0.25) is 10.0 Å². The Morgan fingerprint density at radius 3 is 2.73 bits per heavy atom. The highest BCUT2D eigenvalue weighted by molar-refractivity contribution is 8.03. The first-order valence-corrected chi connectivity index (χ1v) is 13.4. The number of ether oxygens (including phenoxy) is 2. The minimum absolute atomic E-state index is 0.0510. The predicted octanol–water partition coefficient (Wildman–Crippen LogP) is 3.30. The first-order valence-electron chi connectivity index (χ1n) is 10.7. The number of hydrogen-bond donors (Lipinski definition) is 2. The van der Waals surface area contributed by atoms with E-state index in [1.165, 1.54) is 12.3 Å². The van der Waals surface area contributed by atoms with E-state index in [4.69, 9.17) is 15.2 Å². The van der Waals surface area contributed by atoms with E-state index in [1.54, 1.807) is 40.7 Å². The van der Waals surface area contributed by atoms with Crippen LogP contribution in [-0.2, 0) is 10.0 Å².